The molecule has 24 heavy (non-hydrogen) atoms. The number of hydroxylamine groups is 2. The van der Waals surface area contributed by atoms with Crippen LogP contribution in [0.4, 0.5) is 0 Å². The Morgan fingerprint density at radius 3 is 1.92 bits per heavy atom. The summed E-state index contributed by atoms with van der Waals surface area (Å²) < 4.78 is 0. The van der Waals surface area contributed by atoms with E-state index < -0.39 is 11.1 Å². The van der Waals surface area contributed by atoms with E-state index in [-0.39, 0.29) is 11.5 Å². The quantitative estimate of drug-likeness (QED) is 0.714. The van der Waals surface area contributed by atoms with E-state index in [1.54, 1.807) is 12.1 Å². The summed E-state index contributed by atoms with van der Waals surface area (Å²) >= 11 is 0. The molecule has 3 rings (SSSR count). The zero-order valence-electron chi connectivity index (χ0n) is 14.4. The zero-order valence-corrected chi connectivity index (χ0v) is 14.4. The number of benzene rings is 2. The molecule has 1 aliphatic heterocycles. The summed E-state index contributed by atoms with van der Waals surface area (Å²) in [5, 5.41) is 31.0. The Labute approximate surface area is 142 Å². The third-order valence-electron chi connectivity index (χ3n) is 4.81. The number of phenols is 2. The Morgan fingerprint density at radius 1 is 0.750 bits per heavy atom. The highest BCUT2D eigenvalue weighted by Gasteiger charge is 2.48. The first-order valence-electron chi connectivity index (χ1n) is 7.98. The number of hydrogen-bond donors (Lipinski definition) is 3. The Hall–Kier alpha value is -2.30. The van der Waals surface area contributed by atoms with Gasteiger partial charge >= 0.3 is 0 Å². The van der Waals surface area contributed by atoms with Crippen LogP contribution in [-0.2, 0) is 11.1 Å². The van der Waals surface area contributed by atoms with Gasteiger partial charge in [0, 0.05) is 6.07 Å². The van der Waals surface area contributed by atoms with E-state index in [0.29, 0.717) is 0 Å². The first-order chi connectivity index (χ1) is 11.1. The summed E-state index contributed by atoms with van der Waals surface area (Å²) in [5.41, 5.74) is 3.02. The maximum atomic E-state index is 10.5. The van der Waals surface area contributed by atoms with Gasteiger partial charge in [-0.25, -0.2) is 0 Å². The van der Waals surface area contributed by atoms with Gasteiger partial charge < -0.3 is 15.4 Å². The number of phenolic OH excluding ortho intramolecular Hbond substituents is 2. The van der Waals surface area contributed by atoms with E-state index in [4.69, 9.17) is 0 Å². The van der Waals surface area contributed by atoms with Gasteiger partial charge in [0.2, 0.25) is 0 Å². The van der Waals surface area contributed by atoms with Crippen molar-refractivity contribution >= 4 is 12.2 Å². The monoisotopic (exact) mass is 325 g/mol. The number of rotatable bonds is 2. The SMILES string of the molecule is CC1(C)c2ccc(/C=C/c3cc(O)cc(O)c3)cc2C(C)(C)N1O. The van der Waals surface area contributed by atoms with Gasteiger partial charge in [-0.2, -0.15) is 5.06 Å². The van der Waals surface area contributed by atoms with Crippen LogP contribution in [0.5, 0.6) is 11.5 Å². The van der Waals surface area contributed by atoms with Gasteiger partial charge in [0.05, 0.1) is 11.1 Å². The minimum atomic E-state index is -0.466. The number of hydrogen-bond acceptors (Lipinski definition) is 4. The van der Waals surface area contributed by atoms with E-state index in [2.05, 4.69) is 6.07 Å². The van der Waals surface area contributed by atoms with Crippen molar-refractivity contribution < 1.29 is 15.4 Å². The molecule has 2 aromatic rings. The fraction of sp³-hybridized carbons (Fsp3) is 0.300. The molecule has 0 aromatic heterocycles. The van der Waals surface area contributed by atoms with Crippen molar-refractivity contribution in [2.24, 2.45) is 0 Å². The van der Waals surface area contributed by atoms with Crippen LogP contribution in [0.25, 0.3) is 12.2 Å². The molecule has 1 aliphatic rings. The smallest absolute Gasteiger partial charge is 0.119 e. The maximum Gasteiger partial charge on any atom is 0.119 e. The molecule has 2 aromatic carbocycles. The second kappa shape index (κ2) is 5.36. The lowest BCUT2D eigenvalue weighted by Crippen LogP contribution is -2.42. The van der Waals surface area contributed by atoms with Gasteiger partial charge in [-0.3, -0.25) is 0 Å². The predicted octanol–water partition coefficient (Wildman–Crippen LogP) is 4.44. The van der Waals surface area contributed by atoms with E-state index in [9.17, 15) is 15.4 Å². The van der Waals surface area contributed by atoms with E-state index in [1.807, 2.05) is 52.0 Å². The van der Waals surface area contributed by atoms with E-state index in [0.717, 1.165) is 22.3 Å². The van der Waals surface area contributed by atoms with Gasteiger partial charge in [0.1, 0.15) is 11.5 Å². The summed E-state index contributed by atoms with van der Waals surface area (Å²) in [6.07, 6.45) is 3.77. The molecule has 0 atom stereocenters. The van der Waals surface area contributed by atoms with Gasteiger partial charge in [-0.1, -0.05) is 24.3 Å². The fourth-order valence-electron chi connectivity index (χ4n) is 3.54. The van der Waals surface area contributed by atoms with Gasteiger partial charge in [-0.05, 0) is 68.1 Å². The van der Waals surface area contributed by atoms with Crippen LogP contribution >= 0.6 is 0 Å². The molecule has 0 saturated carbocycles. The second-order valence-corrected chi connectivity index (χ2v) is 7.35. The molecule has 0 amide bonds. The lowest BCUT2D eigenvalue weighted by molar-refractivity contribution is -0.216. The number of nitrogens with zero attached hydrogens (tertiary/aromatic N) is 1. The molecule has 4 heteroatoms. The first kappa shape index (κ1) is 16.6. The zero-order chi connectivity index (χ0) is 17.7. The van der Waals surface area contributed by atoms with Crippen molar-refractivity contribution in [2.45, 2.75) is 38.8 Å². The average molecular weight is 325 g/mol. The molecule has 3 N–H and O–H groups in total. The van der Waals surface area contributed by atoms with E-state index >= 15 is 0 Å². The van der Waals surface area contributed by atoms with E-state index in [1.165, 1.54) is 11.1 Å². The summed E-state index contributed by atoms with van der Waals surface area (Å²) in [6, 6.07) is 10.6. The summed E-state index contributed by atoms with van der Waals surface area (Å²) in [6.45, 7) is 8.01. The highest BCUT2D eigenvalue weighted by Crippen LogP contribution is 2.48. The molecule has 0 spiro atoms. The number of aromatic hydroxyl groups is 2. The van der Waals surface area contributed by atoms with Crippen LogP contribution in [0.1, 0.15) is 49.9 Å². The highest BCUT2D eigenvalue weighted by molar-refractivity contribution is 5.71. The molecule has 0 fully saturated rings. The van der Waals surface area contributed by atoms with Crippen LogP contribution in [0.15, 0.2) is 36.4 Å². The molecule has 4 nitrogen and oxygen atoms in total. The average Bonchev–Trinajstić information content (AvgIpc) is 2.63. The minimum absolute atomic E-state index is 0.0300. The largest absolute Gasteiger partial charge is 0.508 e. The molecule has 0 radical (unpaired) electrons. The summed E-state index contributed by atoms with van der Waals surface area (Å²) in [7, 11) is 0. The van der Waals surface area contributed by atoms with Crippen molar-refractivity contribution in [3.8, 4) is 11.5 Å². The Balaban J connectivity index is 1.98. The Kier molecular flexibility index (Phi) is 3.70. The van der Waals surface area contributed by atoms with Gasteiger partial charge in [0.25, 0.3) is 0 Å². The van der Waals surface area contributed by atoms with Crippen molar-refractivity contribution in [1.29, 1.82) is 0 Å². The standard InChI is InChI=1S/C20H23NO3/c1-19(2)17-8-7-13(11-18(17)20(3,4)21(19)24)5-6-14-9-15(22)12-16(23)10-14/h5-12,22-24H,1-4H3/b6-5+. The summed E-state index contributed by atoms with van der Waals surface area (Å²) in [4.78, 5) is 0. The van der Waals surface area contributed by atoms with Crippen LogP contribution < -0.4 is 0 Å². The van der Waals surface area contributed by atoms with Crippen LogP contribution in [0.2, 0.25) is 0 Å². The molecule has 0 bridgehead atoms. The first-order valence-corrected chi connectivity index (χ1v) is 7.98. The highest BCUT2D eigenvalue weighted by atomic mass is 16.5. The molecule has 1 heterocycles. The molecule has 0 saturated heterocycles. The normalized spacial score (nSPS) is 18.9. The van der Waals surface area contributed by atoms with Crippen molar-refractivity contribution in [3.05, 3.63) is 58.7 Å². The minimum Gasteiger partial charge on any atom is -0.508 e. The van der Waals surface area contributed by atoms with Crippen LogP contribution in [-0.4, -0.2) is 20.5 Å². The Bertz CT molecular complexity index is 801. The second-order valence-electron chi connectivity index (χ2n) is 7.35. The Morgan fingerprint density at radius 2 is 1.29 bits per heavy atom. The molecular weight excluding hydrogens is 302 g/mol. The van der Waals surface area contributed by atoms with Crippen molar-refractivity contribution in [1.82, 2.24) is 5.06 Å². The summed E-state index contributed by atoms with van der Waals surface area (Å²) in [5.74, 6) is 0.0600. The molecular formula is C20H23NO3. The number of fused-ring (bicyclic) bond motifs is 1. The van der Waals surface area contributed by atoms with Crippen molar-refractivity contribution in [2.75, 3.05) is 0 Å². The third kappa shape index (κ3) is 2.58. The van der Waals surface area contributed by atoms with Crippen molar-refractivity contribution in [3.63, 3.8) is 0 Å². The lowest BCUT2D eigenvalue weighted by Gasteiger charge is -2.34. The fourth-order valence-corrected chi connectivity index (χ4v) is 3.54. The molecule has 126 valence electrons. The predicted molar refractivity (Wildman–Crippen MR) is 94.8 cm³/mol. The van der Waals surface area contributed by atoms with Gasteiger partial charge in [0.15, 0.2) is 0 Å². The molecule has 0 aliphatic carbocycles. The van der Waals surface area contributed by atoms with Crippen LogP contribution in [0, 0.1) is 0 Å². The molecule has 0 unspecified atom stereocenters. The third-order valence-corrected chi connectivity index (χ3v) is 4.81. The van der Waals surface area contributed by atoms with Crippen LogP contribution in [0.3, 0.4) is 0 Å². The maximum absolute atomic E-state index is 10.5. The topological polar surface area (TPSA) is 63.9 Å². The lowest BCUT2D eigenvalue weighted by atomic mass is 9.89. The van der Waals surface area contributed by atoms with Gasteiger partial charge in [-0.15, -0.1) is 0 Å².